The molecule has 1 aliphatic heterocycles. The van der Waals surface area contributed by atoms with Crippen LogP contribution in [0.5, 0.6) is 0 Å². The molecule has 1 heterocycles. The number of hydrogen-bond acceptors (Lipinski definition) is 7. The fourth-order valence-electron chi connectivity index (χ4n) is 1.49. The molecule has 0 atom stereocenters. The van der Waals surface area contributed by atoms with Crippen LogP contribution in [-0.4, -0.2) is 20.1 Å². The maximum Gasteiger partial charge on any atom is 0.283 e. The van der Waals surface area contributed by atoms with E-state index in [0.29, 0.717) is 0 Å². The van der Waals surface area contributed by atoms with Crippen molar-refractivity contribution in [3.8, 4) is 0 Å². The maximum atomic E-state index is 11.5. The Balaban J connectivity index is 2.49. The molecule has 0 aromatic heterocycles. The molecular weight excluding hydrogens is 306 g/mol. The van der Waals surface area contributed by atoms with Gasteiger partial charge in [-0.3, -0.25) is 25.0 Å². The highest BCUT2D eigenvalue weighted by Crippen LogP contribution is 2.31. The highest BCUT2D eigenvalue weighted by Gasteiger charge is 2.25. The van der Waals surface area contributed by atoms with E-state index in [1.165, 1.54) is 12.1 Å². The van der Waals surface area contributed by atoms with Gasteiger partial charge in [0.15, 0.2) is 0 Å². The van der Waals surface area contributed by atoms with Crippen LogP contribution in [0, 0.1) is 20.2 Å². The molecule has 0 saturated carbocycles. The second kappa shape index (κ2) is 5.35. The van der Waals surface area contributed by atoms with E-state index in [-0.39, 0.29) is 14.8 Å². The van der Waals surface area contributed by atoms with Crippen molar-refractivity contribution in [1.29, 1.82) is 0 Å². The topological polar surface area (TPSA) is 115 Å². The van der Waals surface area contributed by atoms with Gasteiger partial charge < -0.3 is 5.32 Å². The zero-order valence-corrected chi connectivity index (χ0v) is 11.2. The number of nitrogens with zero attached hydrogens (tertiary/aromatic N) is 2. The van der Waals surface area contributed by atoms with E-state index in [1.54, 1.807) is 0 Å². The number of benzene rings is 1. The van der Waals surface area contributed by atoms with Gasteiger partial charge in [-0.25, -0.2) is 0 Å². The summed E-state index contributed by atoms with van der Waals surface area (Å²) in [6, 6.07) is 3.20. The lowest BCUT2D eigenvalue weighted by Crippen LogP contribution is -2.17. The first kappa shape index (κ1) is 14.1. The molecule has 1 fully saturated rings. The van der Waals surface area contributed by atoms with Crippen molar-refractivity contribution in [3.63, 3.8) is 0 Å². The maximum absolute atomic E-state index is 11.5. The normalized spacial score (nSPS) is 16.3. The van der Waals surface area contributed by atoms with Gasteiger partial charge in [-0.15, -0.1) is 0 Å². The minimum absolute atomic E-state index is 0.1000. The summed E-state index contributed by atoms with van der Waals surface area (Å²) < 4.78 is 0.255. The number of thioether (sulfide) groups is 1. The second-order valence-electron chi connectivity index (χ2n) is 3.61. The van der Waals surface area contributed by atoms with Gasteiger partial charge in [0.2, 0.25) is 0 Å². The van der Waals surface area contributed by atoms with Gasteiger partial charge in [0.05, 0.1) is 26.4 Å². The predicted octanol–water partition coefficient (Wildman–Crippen LogP) is 1.99. The van der Waals surface area contributed by atoms with Crippen molar-refractivity contribution < 1.29 is 14.6 Å². The fraction of sp³-hybridized carbons (Fsp3) is 0. The summed E-state index contributed by atoms with van der Waals surface area (Å²) in [5.41, 5.74) is -0.737. The van der Waals surface area contributed by atoms with Crippen LogP contribution in [0.2, 0.25) is 0 Å². The van der Waals surface area contributed by atoms with Gasteiger partial charge in [0, 0.05) is 6.07 Å². The third-order valence-corrected chi connectivity index (χ3v) is 3.51. The van der Waals surface area contributed by atoms with E-state index in [1.807, 2.05) is 0 Å². The molecule has 10 heteroatoms. The van der Waals surface area contributed by atoms with Crippen molar-refractivity contribution in [1.82, 2.24) is 5.32 Å². The minimum Gasteiger partial charge on any atom is -0.307 e. The number of rotatable bonds is 3. The van der Waals surface area contributed by atoms with Gasteiger partial charge >= 0.3 is 0 Å². The Hall–Kier alpha value is -2.33. The zero-order chi connectivity index (χ0) is 14.9. The summed E-state index contributed by atoms with van der Waals surface area (Å²) >= 11 is 5.77. The zero-order valence-electron chi connectivity index (χ0n) is 9.56. The summed E-state index contributed by atoms with van der Waals surface area (Å²) in [6.45, 7) is 0. The SMILES string of the molecule is O=C1NC(=S)SC1=Cc1ccc([N+](=O)[O-])cc1[N+](=O)[O-]. The van der Waals surface area contributed by atoms with Crippen LogP contribution in [0.3, 0.4) is 0 Å². The number of thiocarbonyl (C=S) groups is 1. The van der Waals surface area contributed by atoms with Gasteiger partial charge in [0.25, 0.3) is 17.3 Å². The number of non-ortho nitro benzene ring substituents is 1. The highest BCUT2D eigenvalue weighted by atomic mass is 32.2. The first-order valence-corrected chi connectivity index (χ1v) is 6.28. The lowest BCUT2D eigenvalue weighted by atomic mass is 10.1. The monoisotopic (exact) mass is 311 g/mol. The molecule has 0 bridgehead atoms. The molecule has 0 radical (unpaired) electrons. The van der Waals surface area contributed by atoms with E-state index >= 15 is 0 Å². The van der Waals surface area contributed by atoms with E-state index in [9.17, 15) is 25.0 Å². The molecule has 0 unspecified atom stereocenters. The Morgan fingerprint density at radius 1 is 1.25 bits per heavy atom. The molecule has 2 rings (SSSR count). The first-order valence-electron chi connectivity index (χ1n) is 5.06. The van der Waals surface area contributed by atoms with E-state index in [4.69, 9.17) is 12.2 Å². The van der Waals surface area contributed by atoms with Crippen molar-refractivity contribution in [2.24, 2.45) is 0 Å². The lowest BCUT2D eigenvalue weighted by molar-refractivity contribution is -0.394. The Bertz CT molecular complexity index is 685. The number of nitro groups is 2. The highest BCUT2D eigenvalue weighted by molar-refractivity contribution is 8.26. The third-order valence-electron chi connectivity index (χ3n) is 2.35. The van der Waals surface area contributed by atoms with E-state index in [0.717, 1.165) is 23.9 Å². The quantitative estimate of drug-likeness (QED) is 0.393. The number of nitrogens with one attached hydrogen (secondary N) is 1. The molecule has 1 aromatic carbocycles. The van der Waals surface area contributed by atoms with Gasteiger partial charge in [-0.1, -0.05) is 24.0 Å². The molecule has 1 aromatic rings. The summed E-state index contributed by atoms with van der Waals surface area (Å²) in [6.07, 6.45) is 1.28. The molecule has 1 aliphatic rings. The Morgan fingerprint density at radius 2 is 1.95 bits per heavy atom. The third kappa shape index (κ3) is 2.81. The smallest absolute Gasteiger partial charge is 0.283 e. The molecule has 0 aliphatic carbocycles. The lowest BCUT2D eigenvalue weighted by Gasteiger charge is -1.99. The second-order valence-corrected chi connectivity index (χ2v) is 5.33. The van der Waals surface area contributed by atoms with Gasteiger partial charge in [-0.05, 0) is 12.1 Å². The molecule has 1 N–H and O–H groups in total. The van der Waals surface area contributed by atoms with Crippen LogP contribution in [0.15, 0.2) is 23.1 Å². The molecule has 20 heavy (non-hydrogen) atoms. The van der Waals surface area contributed by atoms with Crippen LogP contribution in [0.1, 0.15) is 5.56 Å². The number of carbonyl (C=O) groups is 1. The van der Waals surface area contributed by atoms with Crippen LogP contribution in [-0.2, 0) is 4.79 Å². The van der Waals surface area contributed by atoms with Crippen LogP contribution in [0.25, 0.3) is 6.08 Å². The van der Waals surface area contributed by atoms with Crippen LogP contribution < -0.4 is 5.32 Å². The summed E-state index contributed by atoms with van der Waals surface area (Å²) in [5.74, 6) is -0.451. The summed E-state index contributed by atoms with van der Waals surface area (Å²) in [5, 5.41) is 23.9. The predicted molar refractivity (Wildman–Crippen MR) is 76.1 cm³/mol. The molecule has 8 nitrogen and oxygen atoms in total. The molecular formula is C10H5N3O5S2. The molecule has 0 spiro atoms. The standard InChI is InChI=1S/C10H5N3O5S2/c14-9-8(20-10(19)11-9)3-5-1-2-6(12(15)16)4-7(5)13(17)18/h1-4H,(H,11,14,19). The minimum atomic E-state index is -0.741. The first-order chi connectivity index (χ1) is 9.38. The summed E-state index contributed by atoms with van der Waals surface area (Å²) in [4.78, 5) is 31.8. The Labute approximate surface area is 121 Å². The fourth-order valence-corrected chi connectivity index (χ4v) is 2.52. The largest absolute Gasteiger partial charge is 0.307 e. The average molecular weight is 311 g/mol. The number of amides is 1. The Morgan fingerprint density at radius 3 is 2.45 bits per heavy atom. The van der Waals surface area contributed by atoms with E-state index < -0.39 is 27.1 Å². The van der Waals surface area contributed by atoms with Crippen molar-refractivity contribution >= 4 is 51.7 Å². The number of nitro benzene ring substituents is 2. The van der Waals surface area contributed by atoms with Crippen molar-refractivity contribution in [2.75, 3.05) is 0 Å². The molecule has 102 valence electrons. The van der Waals surface area contributed by atoms with Gasteiger partial charge in [-0.2, -0.15) is 0 Å². The van der Waals surface area contributed by atoms with Crippen molar-refractivity contribution in [3.05, 3.63) is 48.9 Å². The molecule has 1 amide bonds. The Kier molecular flexibility index (Phi) is 3.77. The van der Waals surface area contributed by atoms with E-state index in [2.05, 4.69) is 5.32 Å². The van der Waals surface area contributed by atoms with Crippen LogP contribution >= 0.6 is 24.0 Å². The summed E-state index contributed by atoms with van der Waals surface area (Å²) in [7, 11) is 0. The number of carbonyl (C=O) groups excluding carboxylic acids is 1. The number of hydrogen-bond donors (Lipinski definition) is 1. The van der Waals surface area contributed by atoms with Crippen molar-refractivity contribution in [2.45, 2.75) is 0 Å². The molecule has 1 saturated heterocycles. The van der Waals surface area contributed by atoms with Crippen LogP contribution in [0.4, 0.5) is 11.4 Å². The average Bonchev–Trinajstić information content (AvgIpc) is 2.67. The van der Waals surface area contributed by atoms with Gasteiger partial charge in [0.1, 0.15) is 4.32 Å².